The lowest BCUT2D eigenvalue weighted by molar-refractivity contribution is 0.802. The van der Waals surface area contributed by atoms with Crippen LogP contribution < -0.4 is 10.6 Å². The molecular weight excluding hydrogens is 184 g/mol. The molecule has 82 valence electrons. The summed E-state index contributed by atoms with van der Waals surface area (Å²) < 4.78 is 0. The van der Waals surface area contributed by atoms with Gasteiger partial charge in [-0.1, -0.05) is 20.8 Å². The van der Waals surface area contributed by atoms with Gasteiger partial charge in [0.1, 0.15) is 0 Å². The fourth-order valence-electron chi connectivity index (χ4n) is 2.20. The fourth-order valence-corrected chi connectivity index (χ4v) is 2.20. The Morgan fingerprint density at radius 1 is 0.933 bits per heavy atom. The number of nitrogens with one attached hydrogen (secondary N) is 2. The molecule has 0 radical (unpaired) electrons. The summed E-state index contributed by atoms with van der Waals surface area (Å²) in [4.78, 5) is 0. The zero-order valence-electron chi connectivity index (χ0n) is 9.85. The lowest BCUT2D eigenvalue weighted by atomic mass is 10.0. The van der Waals surface area contributed by atoms with Crippen LogP contribution in [0.25, 0.3) is 0 Å². The van der Waals surface area contributed by atoms with Crippen LogP contribution in [0.3, 0.4) is 0 Å². The molecule has 1 aliphatic rings. The standard InChI is InChI=1S/C13H20N2/c1-4-9-7-11-12(8-10(9)5-2)15-13(6-3)14-11/h7-8,13-15H,4-6H2,1-3H3. The summed E-state index contributed by atoms with van der Waals surface area (Å²) in [6, 6.07) is 4.60. The summed E-state index contributed by atoms with van der Waals surface area (Å²) in [5.41, 5.74) is 5.50. The Bertz CT molecular complexity index is 325. The van der Waals surface area contributed by atoms with Crippen molar-refractivity contribution in [3.63, 3.8) is 0 Å². The molecule has 1 aliphatic heterocycles. The minimum absolute atomic E-state index is 0.414. The van der Waals surface area contributed by atoms with Crippen molar-refractivity contribution in [2.24, 2.45) is 0 Å². The Labute approximate surface area is 92.1 Å². The van der Waals surface area contributed by atoms with Gasteiger partial charge in [-0.25, -0.2) is 0 Å². The molecule has 1 heterocycles. The van der Waals surface area contributed by atoms with Gasteiger partial charge >= 0.3 is 0 Å². The summed E-state index contributed by atoms with van der Waals surface area (Å²) in [6.45, 7) is 6.64. The molecular formula is C13H20N2. The molecule has 2 rings (SSSR count). The van der Waals surface area contributed by atoms with E-state index in [9.17, 15) is 0 Å². The smallest absolute Gasteiger partial charge is 0.0962 e. The summed E-state index contributed by atoms with van der Waals surface area (Å²) in [6.07, 6.45) is 3.76. The highest BCUT2D eigenvalue weighted by atomic mass is 15.2. The van der Waals surface area contributed by atoms with E-state index in [4.69, 9.17) is 0 Å². The lowest BCUT2D eigenvalue weighted by Crippen LogP contribution is -2.20. The van der Waals surface area contributed by atoms with E-state index in [-0.39, 0.29) is 0 Å². The SMILES string of the molecule is CCc1cc2c(cc1CC)NC(CC)N2. The largest absolute Gasteiger partial charge is 0.364 e. The molecule has 2 nitrogen and oxygen atoms in total. The van der Waals surface area contributed by atoms with Crippen molar-refractivity contribution in [3.05, 3.63) is 23.3 Å². The second-order valence-corrected chi connectivity index (χ2v) is 4.12. The Hall–Kier alpha value is -1.18. The van der Waals surface area contributed by atoms with Crippen molar-refractivity contribution in [1.82, 2.24) is 0 Å². The number of anilines is 2. The van der Waals surface area contributed by atoms with Crippen LogP contribution >= 0.6 is 0 Å². The Morgan fingerprint density at radius 2 is 1.40 bits per heavy atom. The van der Waals surface area contributed by atoms with Crippen molar-refractivity contribution in [3.8, 4) is 0 Å². The molecule has 0 unspecified atom stereocenters. The lowest BCUT2D eigenvalue weighted by Gasteiger charge is -2.08. The summed E-state index contributed by atoms with van der Waals surface area (Å²) >= 11 is 0. The molecule has 0 aliphatic carbocycles. The van der Waals surface area contributed by atoms with Crippen LogP contribution in [0.15, 0.2) is 12.1 Å². The highest BCUT2D eigenvalue weighted by Gasteiger charge is 2.18. The van der Waals surface area contributed by atoms with Crippen molar-refractivity contribution in [2.45, 2.75) is 46.2 Å². The van der Waals surface area contributed by atoms with Crippen molar-refractivity contribution < 1.29 is 0 Å². The van der Waals surface area contributed by atoms with Crippen LogP contribution in [0.2, 0.25) is 0 Å². The number of fused-ring (bicyclic) bond motifs is 1. The van der Waals surface area contributed by atoms with Crippen LogP contribution in [0.5, 0.6) is 0 Å². The van der Waals surface area contributed by atoms with E-state index in [1.807, 2.05) is 0 Å². The quantitative estimate of drug-likeness (QED) is 0.788. The van der Waals surface area contributed by atoms with Crippen molar-refractivity contribution in [1.29, 1.82) is 0 Å². The summed E-state index contributed by atoms with van der Waals surface area (Å²) in [5.74, 6) is 0. The van der Waals surface area contributed by atoms with Gasteiger partial charge in [-0.2, -0.15) is 0 Å². The van der Waals surface area contributed by atoms with Crippen molar-refractivity contribution >= 4 is 11.4 Å². The average Bonchev–Trinajstić information content (AvgIpc) is 2.68. The van der Waals surface area contributed by atoms with E-state index in [2.05, 4.69) is 43.5 Å². The van der Waals surface area contributed by atoms with E-state index in [0.29, 0.717) is 6.17 Å². The summed E-state index contributed by atoms with van der Waals surface area (Å²) in [7, 11) is 0. The topological polar surface area (TPSA) is 24.1 Å². The van der Waals surface area contributed by atoms with Crippen molar-refractivity contribution in [2.75, 3.05) is 10.6 Å². The third kappa shape index (κ3) is 1.81. The summed E-state index contributed by atoms with van der Waals surface area (Å²) in [5, 5.41) is 7.00. The Balaban J connectivity index is 2.35. The van der Waals surface area contributed by atoms with Gasteiger partial charge in [0.05, 0.1) is 17.5 Å². The Kier molecular flexibility index (Phi) is 2.85. The van der Waals surface area contributed by atoms with E-state index in [1.54, 1.807) is 0 Å². The first-order valence-electron chi connectivity index (χ1n) is 5.97. The molecule has 1 aromatic carbocycles. The van der Waals surface area contributed by atoms with Gasteiger partial charge in [-0.05, 0) is 42.5 Å². The number of rotatable bonds is 3. The van der Waals surface area contributed by atoms with Gasteiger partial charge in [0.2, 0.25) is 0 Å². The third-order valence-electron chi connectivity index (χ3n) is 3.17. The zero-order chi connectivity index (χ0) is 10.8. The van der Waals surface area contributed by atoms with Gasteiger partial charge in [0.25, 0.3) is 0 Å². The maximum atomic E-state index is 3.50. The zero-order valence-corrected chi connectivity index (χ0v) is 9.85. The molecule has 0 saturated carbocycles. The van der Waals surface area contributed by atoms with E-state index >= 15 is 0 Å². The second-order valence-electron chi connectivity index (χ2n) is 4.12. The number of aryl methyl sites for hydroxylation is 2. The van der Waals surface area contributed by atoms with Crippen LogP contribution in [0.4, 0.5) is 11.4 Å². The molecule has 0 bridgehead atoms. The Morgan fingerprint density at radius 3 is 1.73 bits per heavy atom. The second kappa shape index (κ2) is 4.13. The van der Waals surface area contributed by atoms with Gasteiger partial charge < -0.3 is 10.6 Å². The van der Waals surface area contributed by atoms with Gasteiger partial charge in [-0.3, -0.25) is 0 Å². The molecule has 0 atom stereocenters. The minimum Gasteiger partial charge on any atom is -0.364 e. The molecule has 1 aromatic rings. The molecule has 0 saturated heterocycles. The number of hydrogen-bond acceptors (Lipinski definition) is 2. The van der Waals surface area contributed by atoms with Crippen LogP contribution in [-0.2, 0) is 12.8 Å². The van der Waals surface area contributed by atoms with Gasteiger partial charge in [0.15, 0.2) is 0 Å². The molecule has 0 fully saturated rings. The normalized spacial score (nSPS) is 14.6. The number of hydrogen-bond donors (Lipinski definition) is 2. The average molecular weight is 204 g/mol. The third-order valence-corrected chi connectivity index (χ3v) is 3.17. The number of benzene rings is 1. The van der Waals surface area contributed by atoms with E-state index in [0.717, 1.165) is 19.3 Å². The first-order chi connectivity index (χ1) is 7.28. The van der Waals surface area contributed by atoms with Crippen LogP contribution in [-0.4, -0.2) is 6.17 Å². The molecule has 0 amide bonds. The van der Waals surface area contributed by atoms with E-state index < -0.39 is 0 Å². The van der Waals surface area contributed by atoms with Gasteiger partial charge in [0, 0.05) is 0 Å². The molecule has 0 spiro atoms. The maximum Gasteiger partial charge on any atom is 0.0962 e. The highest BCUT2D eigenvalue weighted by Crippen LogP contribution is 2.33. The van der Waals surface area contributed by atoms with Gasteiger partial charge in [-0.15, -0.1) is 0 Å². The predicted octanol–water partition coefficient (Wildman–Crippen LogP) is 3.38. The van der Waals surface area contributed by atoms with Crippen LogP contribution in [0, 0.1) is 0 Å². The molecule has 2 heteroatoms. The first kappa shape index (κ1) is 10.3. The minimum atomic E-state index is 0.414. The first-order valence-corrected chi connectivity index (χ1v) is 5.97. The maximum absolute atomic E-state index is 3.50. The molecule has 0 aromatic heterocycles. The highest BCUT2D eigenvalue weighted by molar-refractivity contribution is 5.76. The molecule has 2 N–H and O–H groups in total. The fraction of sp³-hybridized carbons (Fsp3) is 0.538. The molecule has 15 heavy (non-hydrogen) atoms. The van der Waals surface area contributed by atoms with Crippen LogP contribution in [0.1, 0.15) is 38.3 Å². The van der Waals surface area contributed by atoms with E-state index in [1.165, 1.54) is 22.5 Å². The predicted molar refractivity (Wildman–Crippen MR) is 66.5 cm³/mol. The monoisotopic (exact) mass is 204 g/mol.